The number of hydrazone groups is 1. The van der Waals surface area contributed by atoms with E-state index in [9.17, 15) is 22.0 Å². The zero-order valence-electron chi connectivity index (χ0n) is 20.4. The van der Waals surface area contributed by atoms with Crippen molar-refractivity contribution >= 4 is 48.8 Å². The highest BCUT2D eigenvalue weighted by molar-refractivity contribution is 7.89. The minimum atomic E-state index is -3.67. The van der Waals surface area contributed by atoms with Crippen LogP contribution in [0.25, 0.3) is 10.2 Å². The van der Waals surface area contributed by atoms with Gasteiger partial charge < -0.3 is 0 Å². The zero-order chi connectivity index (χ0) is 26.9. The van der Waals surface area contributed by atoms with Gasteiger partial charge in [-0.3, -0.25) is 4.79 Å². The van der Waals surface area contributed by atoms with Crippen LogP contribution in [-0.4, -0.2) is 42.9 Å². The SMILES string of the molecule is CC1CCN(S(=O)(=O)c2ccc(C(=O)N(/N=C/c3ccc(F)cc3)c3nc4ccc(F)cc4s3)cc2)CC1. The molecule has 196 valence electrons. The van der Waals surface area contributed by atoms with Crippen LogP contribution in [0, 0.1) is 17.6 Å². The van der Waals surface area contributed by atoms with Crippen LogP contribution in [0.2, 0.25) is 0 Å². The molecule has 2 heterocycles. The summed E-state index contributed by atoms with van der Waals surface area (Å²) in [6.07, 6.45) is 3.01. The standard InChI is InChI=1S/C27H24F2N4O3S2/c1-18-12-14-32(15-13-18)38(35,36)23-9-4-20(5-10-23)26(34)33(30-17-19-2-6-21(28)7-3-19)27-31-24-11-8-22(29)16-25(24)37-27/h2-11,16-18H,12-15H2,1H3/b30-17+. The van der Waals surface area contributed by atoms with Gasteiger partial charge in [0.25, 0.3) is 5.91 Å². The van der Waals surface area contributed by atoms with Crippen molar-refractivity contribution in [2.24, 2.45) is 11.0 Å². The third-order valence-corrected chi connectivity index (χ3v) is 9.29. The predicted octanol–water partition coefficient (Wildman–Crippen LogP) is 5.68. The van der Waals surface area contributed by atoms with Crippen molar-refractivity contribution in [1.82, 2.24) is 9.29 Å². The Kier molecular flexibility index (Phi) is 7.33. The number of amides is 1. The van der Waals surface area contributed by atoms with E-state index >= 15 is 0 Å². The molecule has 1 aromatic heterocycles. The van der Waals surface area contributed by atoms with Gasteiger partial charge in [0.2, 0.25) is 15.2 Å². The first-order valence-corrected chi connectivity index (χ1v) is 14.3. The molecule has 0 aliphatic carbocycles. The fourth-order valence-corrected chi connectivity index (χ4v) is 6.52. The number of carbonyl (C=O) groups excluding carboxylic acids is 1. The summed E-state index contributed by atoms with van der Waals surface area (Å²) in [7, 11) is -3.67. The monoisotopic (exact) mass is 554 g/mol. The molecule has 0 unspecified atom stereocenters. The summed E-state index contributed by atoms with van der Waals surface area (Å²) in [5.41, 5.74) is 1.24. The highest BCUT2D eigenvalue weighted by Crippen LogP contribution is 2.31. The van der Waals surface area contributed by atoms with E-state index in [0.29, 0.717) is 34.8 Å². The summed E-state index contributed by atoms with van der Waals surface area (Å²) < 4.78 is 55.2. The summed E-state index contributed by atoms with van der Waals surface area (Å²) in [4.78, 5) is 18.1. The number of piperidine rings is 1. The largest absolute Gasteiger partial charge is 0.280 e. The Hall–Kier alpha value is -3.54. The number of aromatic nitrogens is 1. The average molecular weight is 555 g/mol. The van der Waals surface area contributed by atoms with Crippen molar-refractivity contribution in [3.05, 3.63) is 89.5 Å². The Morgan fingerprint density at radius 2 is 1.68 bits per heavy atom. The van der Waals surface area contributed by atoms with Crippen LogP contribution in [0.1, 0.15) is 35.7 Å². The number of thiazole rings is 1. The molecule has 11 heteroatoms. The lowest BCUT2D eigenvalue weighted by atomic mass is 10.0. The summed E-state index contributed by atoms with van der Waals surface area (Å²) >= 11 is 1.08. The van der Waals surface area contributed by atoms with Crippen LogP contribution < -0.4 is 5.01 Å². The molecule has 0 spiro atoms. The highest BCUT2D eigenvalue weighted by Gasteiger charge is 2.29. The highest BCUT2D eigenvalue weighted by atomic mass is 32.2. The lowest BCUT2D eigenvalue weighted by Gasteiger charge is -2.29. The number of nitrogens with zero attached hydrogens (tertiary/aromatic N) is 4. The van der Waals surface area contributed by atoms with Crippen molar-refractivity contribution in [3.8, 4) is 0 Å². The number of sulfonamides is 1. The number of fused-ring (bicyclic) bond motifs is 1. The summed E-state index contributed by atoms with van der Waals surface area (Å²) in [5.74, 6) is -0.904. The maximum Gasteiger partial charge on any atom is 0.280 e. The summed E-state index contributed by atoms with van der Waals surface area (Å²) in [6.45, 7) is 3.04. The molecule has 1 aliphatic heterocycles. The van der Waals surface area contributed by atoms with Crippen LogP contribution in [0.5, 0.6) is 0 Å². The predicted molar refractivity (Wildman–Crippen MR) is 144 cm³/mol. The Balaban J connectivity index is 1.46. The molecule has 3 aromatic carbocycles. The normalized spacial score (nSPS) is 15.3. The van der Waals surface area contributed by atoms with Crippen molar-refractivity contribution in [3.63, 3.8) is 0 Å². The van der Waals surface area contributed by atoms with E-state index in [0.717, 1.165) is 29.2 Å². The number of hydrogen-bond acceptors (Lipinski definition) is 6. The quantitative estimate of drug-likeness (QED) is 0.227. The molecule has 0 N–H and O–H groups in total. The van der Waals surface area contributed by atoms with E-state index in [4.69, 9.17) is 0 Å². The number of rotatable bonds is 6. The molecule has 1 saturated heterocycles. The third kappa shape index (κ3) is 5.50. The van der Waals surface area contributed by atoms with Gasteiger partial charge in [0.15, 0.2) is 0 Å². The van der Waals surface area contributed by atoms with E-state index in [2.05, 4.69) is 17.0 Å². The molecule has 38 heavy (non-hydrogen) atoms. The Bertz CT molecular complexity index is 1600. The van der Waals surface area contributed by atoms with Crippen molar-refractivity contribution in [1.29, 1.82) is 0 Å². The second-order valence-electron chi connectivity index (χ2n) is 9.13. The second kappa shape index (κ2) is 10.7. The van der Waals surface area contributed by atoms with Gasteiger partial charge in [0.1, 0.15) is 11.6 Å². The number of carbonyl (C=O) groups is 1. The van der Waals surface area contributed by atoms with Gasteiger partial charge in [-0.1, -0.05) is 30.4 Å². The van der Waals surface area contributed by atoms with E-state index in [1.807, 2.05) is 0 Å². The maximum absolute atomic E-state index is 13.7. The maximum atomic E-state index is 13.7. The first kappa shape index (κ1) is 26.1. The van der Waals surface area contributed by atoms with Crippen LogP contribution in [0.3, 0.4) is 0 Å². The van der Waals surface area contributed by atoms with Gasteiger partial charge >= 0.3 is 0 Å². The molecular weight excluding hydrogens is 530 g/mol. The molecule has 0 saturated carbocycles. The first-order chi connectivity index (χ1) is 18.2. The van der Waals surface area contributed by atoms with Gasteiger partial charge in [0.05, 0.1) is 21.3 Å². The van der Waals surface area contributed by atoms with Crippen molar-refractivity contribution in [2.75, 3.05) is 18.1 Å². The van der Waals surface area contributed by atoms with E-state index in [-0.39, 0.29) is 15.6 Å². The molecule has 0 bridgehead atoms. The second-order valence-corrected chi connectivity index (χ2v) is 12.1. The van der Waals surface area contributed by atoms with Crippen molar-refractivity contribution in [2.45, 2.75) is 24.7 Å². The van der Waals surface area contributed by atoms with Gasteiger partial charge in [0, 0.05) is 18.7 Å². The van der Waals surface area contributed by atoms with Gasteiger partial charge in [-0.15, -0.1) is 0 Å². The average Bonchev–Trinajstić information content (AvgIpc) is 3.33. The Morgan fingerprint density at radius 1 is 1.03 bits per heavy atom. The number of anilines is 1. The smallest absolute Gasteiger partial charge is 0.267 e. The molecule has 0 radical (unpaired) electrons. The van der Waals surface area contributed by atoms with E-state index in [1.54, 1.807) is 0 Å². The Labute approximate surface area is 223 Å². The zero-order valence-corrected chi connectivity index (χ0v) is 22.1. The lowest BCUT2D eigenvalue weighted by Crippen LogP contribution is -2.37. The van der Waals surface area contributed by atoms with E-state index in [1.165, 1.54) is 77.2 Å². The van der Waals surface area contributed by atoms with Crippen molar-refractivity contribution < 1.29 is 22.0 Å². The van der Waals surface area contributed by atoms with Crippen LogP contribution in [-0.2, 0) is 10.0 Å². The third-order valence-electron chi connectivity index (χ3n) is 6.39. The molecule has 1 aliphatic rings. The summed E-state index contributed by atoms with van der Waals surface area (Å²) in [5, 5.41) is 5.58. The number of benzene rings is 3. The molecular formula is C27H24F2N4O3S2. The summed E-state index contributed by atoms with van der Waals surface area (Å²) in [6, 6.07) is 15.4. The van der Waals surface area contributed by atoms with Gasteiger partial charge in [-0.05, 0) is 78.9 Å². The Morgan fingerprint density at radius 3 is 2.37 bits per heavy atom. The van der Waals surface area contributed by atoms with E-state index < -0.39 is 27.6 Å². The molecule has 1 amide bonds. The number of hydrogen-bond donors (Lipinski definition) is 0. The first-order valence-electron chi connectivity index (χ1n) is 12.0. The van der Waals surface area contributed by atoms with Crippen LogP contribution in [0.15, 0.2) is 76.7 Å². The fourth-order valence-electron chi connectivity index (χ4n) is 4.10. The van der Waals surface area contributed by atoms with Gasteiger partial charge in [-0.2, -0.15) is 14.4 Å². The topological polar surface area (TPSA) is 82.9 Å². The molecule has 7 nitrogen and oxygen atoms in total. The minimum Gasteiger partial charge on any atom is -0.267 e. The molecule has 4 aromatic rings. The minimum absolute atomic E-state index is 0.112. The molecule has 1 fully saturated rings. The fraction of sp³-hybridized carbons (Fsp3) is 0.222. The van der Waals surface area contributed by atoms with Crippen LogP contribution in [0.4, 0.5) is 13.9 Å². The molecule has 5 rings (SSSR count). The van der Waals surface area contributed by atoms with Crippen LogP contribution >= 0.6 is 11.3 Å². The van der Waals surface area contributed by atoms with Gasteiger partial charge in [-0.25, -0.2) is 22.2 Å². The molecule has 0 atom stereocenters. The number of halogens is 2. The lowest BCUT2D eigenvalue weighted by molar-refractivity contribution is 0.0987.